The van der Waals surface area contributed by atoms with Crippen molar-refractivity contribution in [3.8, 4) is 0 Å². The number of carbonyl (C=O) groups excluding carboxylic acids is 2. The summed E-state index contributed by atoms with van der Waals surface area (Å²) >= 11 is 12.3. The third-order valence-electron chi connectivity index (χ3n) is 5.78. The minimum Gasteiger partial charge on any atom is -0.478 e. The van der Waals surface area contributed by atoms with Crippen LogP contribution in [-0.2, 0) is 13.0 Å². The van der Waals surface area contributed by atoms with E-state index in [9.17, 15) is 19.2 Å². The Hall–Kier alpha value is -3.22. The molecule has 1 aromatic heterocycles. The zero-order valence-electron chi connectivity index (χ0n) is 18.7. The molecule has 1 N–H and O–H groups in total. The van der Waals surface area contributed by atoms with Gasteiger partial charge in [-0.1, -0.05) is 67.4 Å². The number of carboxylic acid groups (broad SMARTS) is 1. The summed E-state index contributed by atoms with van der Waals surface area (Å²) in [5.74, 6) is -2.50. The molecule has 2 aromatic carbocycles. The number of Topliss-reactive ketones (excluding diaryl/α,β-unsaturated/α-hetero) is 2. The number of hydrogen-bond acceptors (Lipinski definition) is 4. The van der Waals surface area contributed by atoms with Crippen molar-refractivity contribution in [1.82, 2.24) is 4.57 Å². The van der Waals surface area contributed by atoms with Crippen molar-refractivity contribution in [1.29, 1.82) is 0 Å². The van der Waals surface area contributed by atoms with Crippen molar-refractivity contribution < 1.29 is 19.5 Å². The first kappa shape index (κ1) is 25.4. The Morgan fingerprint density at radius 2 is 1.62 bits per heavy atom. The molecule has 0 amide bonds. The Morgan fingerprint density at radius 1 is 0.941 bits per heavy atom. The molecule has 6 nitrogen and oxygen atoms in total. The number of nitrogens with zero attached hydrogens (tertiary/aromatic N) is 1. The van der Waals surface area contributed by atoms with E-state index in [1.807, 2.05) is 19.9 Å². The van der Waals surface area contributed by atoms with E-state index in [2.05, 4.69) is 0 Å². The van der Waals surface area contributed by atoms with Gasteiger partial charge in [0.05, 0.1) is 10.6 Å². The van der Waals surface area contributed by atoms with Gasteiger partial charge in [-0.05, 0) is 54.2 Å². The minimum absolute atomic E-state index is 0.0206. The molecule has 8 heteroatoms. The van der Waals surface area contributed by atoms with Crippen LogP contribution < -0.4 is 5.56 Å². The molecule has 0 radical (unpaired) electrons. The van der Waals surface area contributed by atoms with E-state index in [4.69, 9.17) is 28.3 Å². The molecule has 1 unspecified atom stereocenters. The van der Waals surface area contributed by atoms with E-state index >= 15 is 0 Å². The summed E-state index contributed by atoms with van der Waals surface area (Å²) in [7, 11) is 0. The van der Waals surface area contributed by atoms with Gasteiger partial charge in [0.1, 0.15) is 10.7 Å². The molecule has 0 aliphatic carbocycles. The Bertz CT molecular complexity index is 1310. The molecule has 0 spiro atoms. The second kappa shape index (κ2) is 10.8. The van der Waals surface area contributed by atoms with Crippen LogP contribution in [0.3, 0.4) is 0 Å². The molecule has 0 saturated heterocycles. The first-order chi connectivity index (χ1) is 16.1. The number of ketones is 2. The number of benzene rings is 2. The van der Waals surface area contributed by atoms with Crippen LogP contribution in [0.5, 0.6) is 0 Å². The molecular formula is C26H23Cl2NO5. The lowest BCUT2D eigenvalue weighted by molar-refractivity contribution is 0.0696. The maximum absolute atomic E-state index is 13.2. The highest BCUT2D eigenvalue weighted by Gasteiger charge is 2.26. The van der Waals surface area contributed by atoms with E-state index in [0.29, 0.717) is 0 Å². The number of aromatic carboxylic acids is 1. The zero-order valence-corrected chi connectivity index (χ0v) is 20.2. The standard InChI is InChI=1S/C26H23Cl2NO5/c1-3-15(2)18-5-4-6-19(13-18)23(30)24(31)22-20(27)14-21(28)25(32)29(22)12-11-16-7-9-17(10-8-16)26(33)34/h4-10,13-15H,3,11-12H2,1-2H3,(H,33,34). The van der Waals surface area contributed by atoms with Gasteiger partial charge in [-0.2, -0.15) is 0 Å². The third-order valence-corrected chi connectivity index (χ3v) is 6.33. The Labute approximate surface area is 206 Å². The average Bonchev–Trinajstić information content (AvgIpc) is 2.84. The number of rotatable bonds is 9. The van der Waals surface area contributed by atoms with Crippen LogP contribution in [0.4, 0.5) is 0 Å². The summed E-state index contributed by atoms with van der Waals surface area (Å²) in [5.41, 5.74) is 1.16. The lowest BCUT2D eigenvalue weighted by atomic mass is 9.94. The van der Waals surface area contributed by atoms with Crippen molar-refractivity contribution in [3.63, 3.8) is 0 Å². The van der Waals surface area contributed by atoms with Gasteiger partial charge in [-0.15, -0.1) is 0 Å². The van der Waals surface area contributed by atoms with Gasteiger partial charge in [0.25, 0.3) is 11.3 Å². The second-order valence-electron chi connectivity index (χ2n) is 7.99. The monoisotopic (exact) mass is 499 g/mol. The number of carboxylic acids is 1. The first-order valence-electron chi connectivity index (χ1n) is 10.7. The van der Waals surface area contributed by atoms with Gasteiger partial charge in [-0.3, -0.25) is 14.4 Å². The highest BCUT2D eigenvalue weighted by Crippen LogP contribution is 2.23. The normalized spacial score (nSPS) is 11.8. The number of aryl methyl sites for hydroxylation is 1. The fourth-order valence-electron chi connectivity index (χ4n) is 3.56. The predicted octanol–water partition coefficient (Wildman–Crippen LogP) is 5.68. The lowest BCUT2D eigenvalue weighted by Gasteiger charge is -2.15. The smallest absolute Gasteiger partial charge is 0.335 e. The number of carbonyl (C=O) groups is 3. The summed E-state index contributed by atoms with van der Waals surface area (Å²) in [6.45, 7) is 4.08. The van der Waals surface area contributed by atoms with Crippen molar-refractivity contribution in [2.24, 2.45) is 0 Å². The van der Waals surface area contributed by atoms with Crippen molar-refractivity contribution in [2.75, 3.05) is 0 Å². The van der Waals surface area contributed by atoms with Gasteiger partial charge >= 0.3 is 5.97 Å². The van der Waals surface area contributed by atoms with E-state index in [1.165, 1.54) is 18.2 Å². The van der Waals surface area contributed by atoms with Gasteiger partial charge < -0.3 is 9.67 Å². The largest absolute Gasteiger partial charge is 0.478 e. The van der Waals surface area contributed by atoms with Crippen LogP contribution in [0, 0.1) is 0 Å². The van der Waals surface area contributed by atoms with Gasteiger partial charge in [0.2, 0.25) is 5.78 Å². The van der Waals surface area contributed by atoms with Gasteiger partial charge in [0, 0.05) is 12.1 Å². The molecule has 1 atom stereocenters. The summed E-state index contributed by atoms with van der Waals surface area (Å²) in [5, 5.41) is 8.77. The highest BCUT2D eigenvalue weighted by molar-refractivity contribution is 6.51. The summed E-state index contributed by atoms with van der Waals surface area (Å²) in [6.07, 6.45) is 1.16. The second-order valence-corrected chi connectivity index (χ2v) is 8.81. The van der Waals surface area contributed by atoms with Crippen LogP contribution >= 0.6 is 23.2 Å². The molecule has 176 valence electrons. The van der Waals surface area contributed by atoms with Gasteiger partial charge in [0.15, 0.2) is 0 Å². The number of aromatic nitrogens is 1. The van der Waals surface area contributed by atoms with E-state index in [1.54, 1.807) is 30.3 Å². The third kappa shape index (κ3) is 5.46. The Kier molecular flexibility index (Phi) is 8.07. The van der Waals surface area contributed by atoms with Crippen LogP contribution in [0.15, 0.2) is 59.4 Å². The number of pyridine rings is 1. The molecule has 3 rings (SSSR count). The molecule has 1 heterocycles. The Balaban J connectivity index is 1.96. The maximum Gasteiger partial charge on any atom is 0.335 e. The maximum atomic E-state index is 13.2. The average molecular weight is 500 g/mol. The lowest BCUT2D eigenvalue weighted by Crippen LogP contribution is -2.30. The fraction of sp³-hybridized carbons (Fsp3) is 0.231. The Morgan fingerprint density at radius 3 is 2.24 bits per heavy atom. The topological polar surface area (TPSA) is 93.4 Å². The quantitative estimate of drug-likeness (QED) is 0.302. The molecule has 0 bridgehead atoms. The van der Waals surface area contributed by atoms with Gasteiger partial charge in [-0.25, -0.2) is 4.79 Å². The van der Waals surface area contributed by atoms with E-state index < -0.39 is 23.1 Å². The molecule has 0 aliphatic heterocycles. The molecule has 0 aliphatic rings. The molecular weight excluding hydrogens is 477 g/mol. The van der Waals surface area contributed by atoms with Crippen LogP contribution in [0.25, 0.3) is 0 Å². The highest BCUT2D eigenvalue weighted by atomic mass is 35.5. The fourth-order valence-corrected chi connectivity index (χ4v) is 4.12. The van der Waals surface area contributed by atoms with Crippen LogP contribution in [0.2, 0.25) is 10.0 Å². The number of halogens is 2. The summed E-state index contributed by atoms with van der Waals surface area (Å²) in [6, 6.07) is 14.2. The predicted molar refractivity (Wildman–Crippen MR) is 132 cm³/mol. The number of hydrogen-bond donors (Lipinski definition) is 1. The zero-order chi connectivity index (χ0) is 25.0. The molecule has 0 fully saturated rings. The summed E-state index contributed by atoms with van der Waals surface area (Å²) < 4.78 is 1.11. The van der Waals surface area contributed by atoms with Crippen molar-refractivity contribution >= 4 is 40.7 Å². The van der Waals surface area contributed by atoms with Crippen molar-refractivity contribution in [3.05, 3.63) is 103 Å². The van der Waals surface area contributed by atoms with E-state index in [0.717, 1.165) is 22.1 Å². The van der Waals surface area contributed by atoms with Crippen LogP contribution in [0.1, 0.15) is 68.5 Å². The van der Waals surface area contributed by atoms with Crippen molar-refractivity contribution in [2.45, 2.75) is 39.2 Å². The molecule has 34 heavy (non-hydrogen) atoms. The molecule has 0 saturated carbocycles. The minimum atomic E-state index is -1.05. The van der Waals surface area contributed by atoms with Crippen LogP contribution in [-0.4, -0.2) is 27.2 Å². The van der Waals surface area contributed by atoms with E-state index in [-0.39, 0.29) is 45.7 Å². The SMILES string of the molecule is CCC(C)c1cccc(C(=O)C(=O)c2c(Cl)cc(Cl)c(=O)n2CCc2ccc(C(=O)O)cc2)c1. The summed E-state index contributed by atoms with van der Waals surface area (Å²) in [4.78, 5) is 50.1. The first-order valence-corrected chi connectivity index (χ1v) is 11.5. The molecule has 3 aromatic rings.